The summed E-state index contributed by atoms with van der Waals surface area (Å²) in [5.74, 6) is 2.43. The fraction of sp³-hybridized carbons (Fsp3) is 0.615. The molecule has 1 aliphatic heterocycles. The summed E-state index contributed by atoms with van der Waals surface area (Å²) in [6.45, 7) is 15.4. The lowest BCUT2D eigenvalue weighted by Crippen LogP contribution is -2.48. The molecule has 13 heteroatoms. The number of methoxy groups -OCH3 is 1. The molecule has 0 saturated heterocycles. The Labute approximate surface area is 243 Å². The van der Waals surface area contributed by atoms with Gasteiger partial charge in [-0.3, -0.25) is 4.79 Å². The molecule has 10 nitrogen and oxygen atoms in total. The maximum atomic E-state index is 13.4. The number of carbonyl (C=O) groups excluding carboxylic acids is 2. The number of amides is 1. The van der Waals surface area contributed by atoms with Crippen molar-refractivity contribution in [2.75, 3.05) is 32.6 Å². The molecular weight excluding hydrogens is 604 g/mol. The Morgan fingerprint density at radius 1 is 1.26 bits per heavy atom. The number of esters is 1. The lowest BCUT2D eigenvalue weighted by atomic mass is 9.99. The van der Waals surface area contributed by atoms with Gasteiger partial charge in [-0.2, -0.15) is 16.7 Å². The van der Waals surface area contributed by atoms with Crippen molar-refractivity contribution in [1.29, 1.82) is 0 Å². The third kappa shape index (κ3) is 7.36. The zero-order chi connectivity index (χ0) is 29.0. The van der Waals surface area contributed by atoms with E-state index in [1.807, 2.05) is 6.07 Å². The minimum Gasteiger partial charge on any atom is -0.543 e. The van der Waals surface area contributed by atoms with Crippen molar-refractivity contribution >= 4 is 47.9 Å². The molecule has 216 valence electrons. The molecule has 0 fully saturated rings. The molecule has 39 heavy (non-hydrogen) atoms. The summed E-state index contributed by atoms with van der Waals surface area (Å²) in [7, 11) is -0.799. The van der Waals surface area contributed by atoms with Crippen LogP contribution in [0.1, 0.15) is 61.4 Å². The van der Waals surface area contributed by atoms with Crippen LogP contribution in [0.25, 0.3) is 0 Å². The van der Waals surface area contributed by atoms with E-state index < -0.39 is 20.3 Å². The number of thioether (sulfide) groups is 1. The first-order valence-electron chi connectivity index (χ1n) is 12.9. The van der Waals surface area contributed by atoms with Gasteiger partial charge >= 0.3 is 5.97 Å². The van der Waals surface area contributed by atoms with Crippen molar-refractivity contribution in [3.63, 3.8) is 0 Å². The van der Waals surface area contributed by atoms with Gasteiger partial charge in [0.05, 0.1) is 23.7 Å². The zero-order valence-electron chi connectivity index (χ0n) is 23.9. The zero-order valence-corrected chi connectivity index (χ0v) is 27.3. The summed E-state index contributed by atoms with van der Waals surface area (Å²) < 4.78 is 24.0. The van der Waals surface area contributed by atoms with E-state index in [-0.39, 0.29) is 24.1 Å². The number of nitrogens with one attached hydrogen (secondary N) is 2. The predicted molar refractivity (Wildman–Crippen MR) is 157 cm³/mol. The van der Waals surface area contributed by atoms with Gasteiger partial charge in [-0.05, 0) is 46.9 Å². The Balaban J connectivity index is 2.07. The number of halogens is 1. The van der Waals surface area contributed by atoms with Crippen LogP contribution in [0.5, 0.6) is 11.5 Å². The van der Waals surface area contributed by atoms with E-state index in [0.717, 1.165) is 0 Å². The molecule has 1 atom stereocenters. The van der Waals surface area contributed by atoms with Crippen LogP contribution < -0.4 is 19.8 Å². The molecule has 0 bridgehead atoms. The first-order chi connectivity index (χ1) is 18.3. The number of hydrogen-bond donors (Lipinski definition) is 2. The topological polar surface area (TPSA) is 125 Å². The van der Waals surface area contributed by atoms with E-state index in [1.54, 1.807) is 14.0 Å². The molecule has 0 unspecified atom stereocenters. The van der Waals surface area contributed by atoms with Gasteiger partial charge in [0.25, 0.3) is 8.32 Å². The maximum absolute atomic E-state index is 13.4. The van der Waals surface area contributed by atoms with Crippen LogP contribution in [0, 0.1) is 12.8 Å². The maximum Gasteiger partial charge on any atom is 0.339 e. The van der Waals surface area contributed by atoms with E-state index in [1.165, 1.54) is 11.8 Å². The number of benzene rings is 1. The van der Waals surface area contributed by atoms with E-state index in [4.69, 9.17) is 18.4 Å². The second-order valence-electron chi connectivity index (χ2n) is 10.9. The van der Waals surface area contributed by atoms with Crippen molar-refractivity contribution in [1.82, 2.24) is 20.8 Å². The average molecular weight is 644 g/mol. The predicted octanol–water partition coefficient (Wildman–Crippen LogP) is 5.02. The Morgan fingerprint density at radius 3 is 2.59 bits per heavy atom. The molecule has 1 aliphatic rings. The van der Waals surface area contributed by atoms with Gasteiger partial charge in [-0.25, -0.2) is 4.79 Å². The molecule has 2 aromatic rings. The van der Waals surface area contributed by atoms with Crippen molar-refractivity contribution < 1.29 is 28.0 Å². The van der Waals surface area contributed by atoms with Crippen molar-refractivity contribution in [2.24, 2.45) is 5.92 Å². The molecule has 0 spiro atoms. The molecule has 0 aliphatic carbocycles. The molecule has 0 radical (unpaired) electrons. The fourth-order valence-corrected chi connectivity index (χ4v) is 8.12. The Bertz CT molecular complexity index is 1190. The molecule has 2 heterocycles. The van der Waals surface area contributed by atoms with Crippen LogP contribution in [0.2, 0.25) is 18.1 Å². The van der Waals surface area contributed by atoms with Gasteiger partial charge in [0.15, 0.2) is 5.82 Å². The molecule has 1 aromatic carbocycles. The lowest BCUT2D eigenvalue weighted by molar-refractivity contribution is -0.121. The first-order valence-corrected chi connectivity index (χ1v) is 17.8. The van der Waals surface area contributed by atoms with E-state index in [2.05, 4.69) is 77.5 Å². The first kappa shape index (κ1) is 31.4. The SMILES string of the molecule is COc1cc(O[Si](C)(C)C(C)(C)C(C)C)c2c(c1Br)C(=O)OCCNCC(=O)N[C@H](c1nc(C)no1)CSC2. The lowest BCUT2D eigenvalue weighted by Gasteiger charge is -2.43. The van der Waals surface area contributed by atoms with Crippen molar-refractivity contribution in [2.45, 2.75) is 64.5 Å². The smallest absolute Gasteiger partial charge is 0.339 e. The van der Waals surface area contributed by atoms with Crippen LogP contribution in [-0.4, -0.2) is 62.9 Å². The number of cyclic esters (lactones) is 1. The number of aryl methyl sites for hydroxylation is 1. The van der Waals surface area contributed by atoms with Crippen LogP contribution in [0.3, 0.4) is 0 Å². The van der Waals surface area contributed by atoms with Gasteiger partial charge in [0, 0.05) is 29.7 Å². The summed E-state index contributed by atoms with van der Waals surface area (Å²) in [5.41, 5.74) is 1.07. The third-order valence-corrected chi connectivity index (χ3v) is 13.8. The molecule has 3 rings (SSSR count). The monoisotopic (exact) mass is 642 g/mol. The Hall–Kier alpha value is -2.09. The summed E-state index contributed by atoms with van der Waals surface area (Å²) in [6.07, 6.45) is 0. The Kier molecular flexibility index (Phi) is 10.5. The average Bonchev–Trinajstić information content (AvgIpc) is 3.29. The van der Waals surface area contributed by atoms with Crippen LogP contribution in [0.15, 0.2) is 15.1 Å². The second kappa shape index (κ2) is 13.0. The van der Waals surface area contributed by atoms with Crippen LogP contribution in [-0.2, 0) is 15.3 Å². The number of rotatable bonds is 6. The molecule has 1 amide bonds. The van der Waals surface area contributed by atoms with Crippen LogP contribution in [0.4, 0.5) is 0 Å². The third-order valence-electron chi connectivity index (χ3n) is 7.59. The van der Waals surface area contributed by atoms with Gasteiger partial charge < -0.3 is 29.1 Å². The number of aromatic nitrogens is 2. The summed E-state index contributed by atoms with van der Waals surface area (Å²) in [5, 5.41) is 9.79. The molecule has 2 N–H and O–H groups in total. The van der Waals surface area contributed by atoms with Gasteiger partial charge in [-0.1, -0.05) is 32.9 Å². The van der Waals surface area contributed by atoms with Crippen molar-refractivity contribution in [3.8, 4) is 11.5 Å². The summed E-state index contributed by atoms with van der Waals surface area (Å²) >= 11 is 5.10. The van der Waals surface area contributed by atoms with Crippen LogP contribution >= 0.6 is 27.7 Å². The second-order valence-corrected chi connectivity index (χ2v) is 17.2. The standard InChI is InChI=1S/C26H39BrN4O6SSi/c1-15(2)26(4,5)39(7,8)37-19-11-20(34-6)23(27)22-17(19)13-38-14-18(24-29-16(3)31-36-24)30-21(32)12-28-9-10-35-25(22)33/h11,15,18,28H,9-10,12-14H2,1-8H3,(H,30,32)/t18-/m0/s1. The minimum atomic E-state index is -2.36. The molecular formula is C26H39BrN4O6SSi. The van der Waals surface area contributed by atoms with Gasteiger partial charge in [-0.15, -0.1) is 0 Å². The van der Waals surface area contributed by atoms with E-state index in [0.29, 0.717) is 62.8 Å². The van der Waals surface area contributed by atoms with E-state index >= 15 is 0 Å². The highest BCUT2D eigenvalue weighted by Crippen LogP contribution is 2.47. The summed E-state index contributed by atoms with van der Waals surface area (Å²) in [4.78, 5) is 30.3. The van der Waals surface area contributed by atoms with E-state index in [9.17, 15) is 9.59 Å². The largest absolute Gasteiger partial charge is 0.543 e. The van der Waals surface area contributed by atoms with Gasteiger partial charge in [0.2, 0.25) is 11.8 Å². The Morgan fingerprint density at radius 2 is 1.97 bits per heavy atom. The quantitative estimate of drug-likeness (QED) is 0.328. The summed E-state index contributed by atoms with van der Waals surface area (Å²) in [6, 6.07) is 1.34. The number of hydrogen-bond acceptors (Lipinski definition) is 10. The highest BCUT2D eigenvalue weighted by atomic mass is 79.9. The minimum absolute atomic E-state index is 0.0588. The highest BCUT2D eigenvalue weighted by Gasteiger charge is 2.45. The fourth-order valence-electron chi connectivity index (χ4n) is 3.99. The molecule has 1 aromatic heterocycles. The highest BCUT2D eigenvalue weighted by molar-refractivity contribution is 9.10. The number of fused-ring (bicyclic) bond motifs is 1. The number of carbonyl (C=O) groups is 2. The molecule has 0 saturated carbocycles. The number of nitrogens with zero attached hydrogens (tertiary/aromatic N) is 2. The van der Waals surface area contributed by atoms with Gasteiger partial charge in [0.1, 0.15) is 24.1 Å². The van der Waals surface area contributed by atoms with Crippen molar-refractivity contribution in [3.05, 3.63) is 33.4 Å². The normalized spacial score (nSPS) is 18.2. The number of ether oxygens (including phenoxy) is 2.